The minimum Gasteiger partial charge on any atom is -0.467 e. The number of nitrogens with zero attached hydrogens (tertiary/aromatic N) is 2. The van der Waals surface area contributed by atoms with Crippen LogP contribution in [-0.4, -0.2) is 62.0 Å². The summed E-state index contributed by atoms with van der Waals surface area (Å²) in [5.74, 6) is -1.10. The van der Waals surface area contributed by atoms with Crippen LogP contribution in [0.15, 0.2) is 34.4 Å². The van der Waals surface area contributed by atoms with Crippen LogP contribution < -0.4 is 22.1 Å². The second-order valence-electron chi connectivity index (χ2n) is 7.27. The molecular weight excluding hydrogens is 432 g/mol. The average Bonchev–Trinajstić information content (AvgIpc) is 3.24. The van der Waals surface area contributed by atoms with E-state index in [1.165, 1.54) is 7.11 Å². The number of unbranched alkanes of at least 4 members (excludes halogenated alkanes) is 1. The van der Waals surface area contributed by atoms with E-state index in [9.17, 15) is 14.4 Å². The van der Waals surface area contributed by atoms with Gasteiger partial charge in [-0.05, 0) is 24.1 Å². The molecule has 1 aliphatic heterocycles. The van der Waals surface area contributed by atoms with Crippen LogP contribution in [0.2, 0.25) is 0 Å². The largest absolute Gasteiger partial charge is 0.467 e. The smallest absolute Gasteiger partial charge is 0.407 e. The van der Waals surface area contributed by atoms with Crippen molar-refractivity contribution in [3.05, 3.63) is 29.8 Å². The van der Waals surface area contributed by atoms with Crippen LogP contribution in [0.3, 0.4) is 0 Å². The Kier molecular flexibility index (Phi) is 9.93. The molecule has 180 valence electrons. The third kappa shape index (κ3) is 8.67. The molecule has 0 saturated carbocycles. The molecule has 0 aromatic heterocycles. The minimum absolute atomic E-state index is 0.0217. The molecule has 1 aromatic rings. The Balaban J connectivity index is 1.80. The lowest BCUT2D eigenvalue weighted by Crippen LogP contribution is -2.49. The van der Waals surface area contributed by atoms with Crippen LogP contribution in [0.5, 0.6) is 0 Å². The molecule has 12 heteroatoms. The molecule has 0 radical (unpaired) electrons. The number of hydrogen-bond donors (Lipinski definition) is 4. The fourth-order valence-corrected chi connectivity index (χ4v) is 2.91. The molecule has 1 unspecified atom stereocenters. The zero-order chi connectivity index (χ0) is 24.2. The van der Waals surface area contributed by atoms with Crippen LogP contribution in [0.4, 0.5) is 10.5 Å². The monoisotopic (exact) mass is 462 g/mol. The Morgan fingerprint density at radius 1 is 1.27 bits per heavy atom. The Morgan fingerprint density at radius 2 is 2.00 bits per heavy atom. The topological polar surface area (TPSA) is 180 Å². The third-order valence-electron chi connectivity index (χ3n) is 4.62. The summed E-state index contributed by atoms with van der Waals surface area (Å²) in [5, 5.41) is 9.04. The van der Waals surface area contributed by atoms with Gasteiger partial charge in [0.2, 0.25) is 5.91 Å². The van der Waals surface area contributed by atoms with Crippen molar-refractivity contribution < 1.29 is 28.7 Å². The normalized spacial score (nSPS) is 15.5. The van der Waals surface area contributed by atoms with Crippen molar-refractivity contribution >= 4 is 35.3 Å². The molecule has 1 aliphatic rings. The predicted molar refractivity (Wildman–Crippen MR) is 121 cm³/mol. The molecule has 2 amide bonds. The molecule has 1 aromatic carbocycles. The van der Waals surface area contributed by atoms with Gasteiger partial charge in [-0.25, -0.2) is 14.6 Å². The number of nitrogens with two attached hydrogens (primary N) is 2. The summed E-state index contributed by atoms with van der Waals surface area (Å²) < 4.78 is 9.65. The maximum atomic E-state index is 12.3. The maximum Gasteiger partial charge on any atom is 0.407 e. The van der Waals surface area contributed by atoms with Gasteiger partial charge in [0.1, 0.15) is 12.1 Å². The first kappa shape index (κ1) is 25.4. The Labute approximate surface area is 191 Å². The van der Waals surface area contributed by atoms with Crippen molar-refractivity contribution in [1.82, 2.24) is 10.6 Å². The molecular formula is C21H30N6O6. The molecule has 2 rings (SSSR count). The molecule has 1 heterocycles. The second kappa shape index (κ2) is 12.9. The number of oxime groups is 1. The fraction of sp³-hybridized carbons (Fsp3) is 0.476. The van der Waals surface area contributed by atoms with Gasteiger partial charge in [0.25, 0.3) is 0 Å². The Bertz CT molecular complexity index is 882. The number of aliphatic imine (C=N–C) groups is 1. The van der Waals surface area contributed by atoms with Gasteiger partial charge in [-0.1, -0.05) is 30.6 Å². The lowest BCUT2D eigenvalue weighted by molar-refractivity contribution is -0.143. The summed E-state index contributed by atoms with van der Waals surface area (Å²) in [4.78, 5) is 45.4. The predicted octanol–water partition coefficient (Wildman–Crippen LogP) is 0.659. The van der Waals surface area contributed by atoms with Crippen molar-refractivity contribution in [2.75, 3.05) is 20.3 Å². The van der Waals surface area contributed by atoms with Crippen LogP contribution in [0, 0.1) is 0 Å². The van der Waals surface area contributed by atoms with E-state index in [4.69, 9.17) is 21.0 Å². The van der Waals surface area contributed by atoms with E-state index in [0.29, 0.717) is 24.2 Å². The Hall–Kier alpha value is -3.83. The number of hydrogen-bond acceptors (Lipinski definition) is 8. The molecule has 0 saturated heterocycles. The summed E-state index contributed by atoms with van der Waals surface area (Å²) in [5.41, 5.74) is 12.8. The highest BCUT2D eigenvalue weighted by molar-refractivity contribution is 6.01. The van der Waals surface area contributed by atoms with Crippen molar-refractivity contribution in [1.29, 1.82) is 0 Å². The highest BCUT2D eigenvalue weighted by Gasteiger charge is 2.27. The van der Waals surface area contributed by atoms with E-state index in [1.807, 2.05) is 6.92 Å². The first-order valence-corrected chi connectivity index (χ1v) is 10.5. The van der Waals surface area contributed by atoms with E-state index < -0.39 is 24.2 Å². The number of rotatable bonds is 11. The standard InChI is InChI=1S/C21H30N6O6/c1-3-4-9-32-21(30)26-17(19(29)31-2)12-24-18(28)11-15-10-16(27-33-15)13-5-7-14(8-6-13)25-20(22)23/h5-8,15,17H,3-4,9-12H2,1-2H3,(H,24,28)(H,26,30)(H4,22,23,25)/t15?,17-/m0/s1. The van der Waals surface area contributed by atoms with E-state index >= 15 is 0 Å². The van der Waals surface area contributed by atoms with E-state index in [1.54, 1.807) is 24.3 Å². The summed E-state index contributed by atoms with van der Waals surface area (Å²) in [6, 6.07) is 6.01. The highest BCUT2D eigenvalue weighted by atomic mass is 16.6. The fourth-order valence-electron chi connectivity index (χ4n) is 2.91. The Morgan fingerprint density at radius 3 is 2.64 bits per heavy atom. The van der Waals surface area contributed by atoms with Gasteiger partial charge in [-0.3, -0.25) is 4.79 Å². The van der Waals surface area contributed by atoms with Gasteiger partial charge >= 0.3 is 12.1 Å². The zero-order valence-electron chi connectivity index (χ0n) is 18.7. The molecule has 0 fully saturated rings. The number of ether oxygens (including phenoxy) is 2. The van der Waals surface area contributed by atoms with Crippen LogP contribution in [0.1, 0.15) is 38.2 Å². The molecule has 33 heavy (non-hydrogen) atoms. The number of guanidine groups is 1. The van der Waals surface area contributed by atoms with Crippen molar-refractivity contribution in [3.8, 4) is 0 Å². The molecule has 12 nitrogen and oxygen atoms in total. The maximum absolute atomic E-state index is 12.3. The van der Waals surface area contributed by atoms with Crippen LogP contribution >= 0.6 is 0 Å². The van der Waals surface area contributed by atoms with Crippen LogP contribution in [-0.2, 0) is 23.9 Å². The number of carbonyl (C=O) groups excluding carboxylic acids is 3. The number of methoxy groups -OCH3 is 1. The van der Waals surface area contributed by atoms with Crippen molar-refractivity contribution in [2.45, 2.75) is 44.8 Å². The molecule has 2 atom stereocenters. The number of amides is 2. The summed E-state index contributed by atoms with van der Waals surface area (Å²) >= 11 is 0. The van der Waals surface area contributed by atoms with Gasteiger partial charge in [-0.15, -0.1) is 0 Å². The van der Waals surface area contributed by atoms with Crippen LogP contribution in [0.25, 0.3) is 0 Å². The summed E-state index contributed by atoms with van der Waals surface area (Å²) in [7, 11) is 1.19. The first-order chi connectivity index (χ1) is 15.8. The quantitative estimate of drug-likeness (QED) is 0.160. The zero-order valence-corrected chi connectivity index (χ0v) is 18.7. The van der Waals surface area contributed by atoms with Crippen molar-refractivity contribution in [2.24, 2.45) is 21.6 Å². The second-order valence-corrected chi connectivity index (χ2v) is 7.27. The number of carbonyl (C=O) groups is 3. The number of nitrogens with one attached hydrogen (secondary N) is 2. The number of alkyl carbamates (subject to hydrolysis) is 1. The third-order valence-corrected chi connectivity index (χ3v) is 4.62. The van der Waals surface area contributed by atoms with E-state index in [0.717, 1.165) is 12.0 Å². The summed E-state index contributed by atoms with van der Waals surface area (Å²) in [6.07, 6.45) is 0.809. The SMILES string of the molecule is CCCCOC(=O)N[C@@H](CNC(=O)CC1CC(c2ccc(N=C(N)N)cc2)=NO1)C(=O)OC. The number of benzene rings is 1. The number of esters is 1. The summed E-state index contributed by atoms with van der Waals surface area (Å²) in [6.45, 7) is 2.04. The van der Waals surface area contributed by atoms with Gasteiger partial charge in [0.05, 0.1) is 31.5 Å². The highest BCUT2D eigenvalue weighted by Crippen LogP contribution is 2.21. The average molecular weight is 463 g/mol. The van der Waals surface area contributed by atoms with Gasteiger partial charge in [0, 0.05) is 13.0 Å². The molecule has 6 N–H and O–H groups in total. The van der Waals surface area contributed by atoms with Gasteiger partial charge < -0.3 is 36.4 Å². The molecule has 0 spiro atoms. The minimum atomic E-state index is -1.08. The van der Waals surface area contributed by atoms with Gasteiger partial charge in [0.15, 0.2) is 5.96 Å². The van der Waals surface area contributed by atoms with E-state index in [2.05, 4.69) is 25.5 Å². The lowest BCUT2D eigenvalue weighted by Gasteiger charge is -2.17. The lowest BCUT2D eigenvalue weighted by atomic mass is 10.0. The van der Waals surface area contributed by atoms with Crippen molar-refractivity contribution in [3.63, 3.8) is 0 Å². The van der Waals surface area contributed by atoms with Gasteiger partial charge in [-0.2, -0.15) is 0 Å². The first-order valence-electron chi connectivity index (χ1n) is 10.5. The molecule has 0 aliphatic carbocycles. The molecule has 0 bridgehead atoms. The van der Waals surface area contributed by atoms with E-state index in [-0.39, 0.29) is 31.4 Å².